The Bertz CT molecular complexity index is 686. The maximum atomic E-state index is 12.2. The predicted molar refractivity (Wildman–Crippen MR) is 78.1 cm³/mol. The minimum absolute atomic E-state index is 0.104. The van der Waals surface area contributed by atoms with Crippen molar-refractivity contribution in [1.29, 1.82) is 0 Å². The topological polar surface area (TPSA) is 73.1 Å². The Balaban J connectivity index is 2.08. The van der Waals surface area contributed by atoms with Gasteiger partial charge in [0.1, 0.15) is 6.33 Å². The van der Waals surface area contributed by atoms with Gasteiger partial charge >= 0.3 is 0 Å². The Kier molecular flexibility index (Phi) is 3.66. The Morgan fingerprint density at radius 1 is 1.38 bits per heavy atom. The summed E-state index contributed by atoms with van der Waals surface area (Å²) in [6.07, 6.45) is 3.09. The molecule has 1 aliphatic heterocycles. The highest BCUT2D eigenvalue weighted by atomic mass is 16.5. The van der Waals surface area contributed by atoms with Gasteiger partial charge in [0.2, 0.25) is 5.95 Å². The van der Waals surface area contributed by atoms with Crippen molar-refractivity contribution in [3.05, 3.63) is 35.0 Å². The Morgan fingerprint density at radius 2 is 2.24 bits per heavy atom. The van der Waals surface area contributed by atoms with Gasteiger partial charge in [-0.15, -0.1) is 0 Å². The molecule has 0 amide bonds. The minimum Gasteiger partial charge on any atom is -0.377 e. The number of anilines is 1. The van der Waals surface area contributed by atoms with E-state index in [0.717, 1.165) is 0 Å². The monoisotopic (exact) mass is 287 g/mol. The van der Waals surface area contributed by atoms with Crippen LogP contribution in [-0.2, 0) is 11.8 Å². The van der Waals surface area contributed by atoms with Crippen LogP contribution >= 0.6 is 0 Å². The van der Waals surface area contributed by atoms with Crippen LogP contribution in [-0.4, -0.2) is 45.3 Å². The van der Waals surface area contributed by atoms with Crippen molar-refractivity contribution in [3.63, 3.8) is 0 Å². The van der Waals surface area contributed by atoms with E-state index in [0.29, 0.717) is 37.1 Å². The van der Waals surface area contributed by atoms with Crippen molar-refractivity contribution in [3.8, 4) is 11.4 Å². The second-order valence-corrected chi connectivity index (χ2v) is 5.05. The van der Waals surface area contributed by atoms with E-state index >= 15 is 0 Å². The molecule has 3 heterocycles. The molecule has 0 unspecified atom stereocenters. The molecule has 0 bridgehead atoms. The number of hydrogen-bond donors (Lipinski definition) is 0. The molecular formula is C14H17N5O2. The van der Waals surface area contributed by atoms with Crippen LogP contribution in [0.2, 0.25) is 0 Å². The molecule has 2 aromatic heterocycles. The van der Waals surface area contributed by atoms with Gasteiger partial charge in [-0.2, -0.15) is 0 Å². The lowest BCUT2D eigenvalue weighted by molar-refractivity contribution is 0.0976. The Morgan fingerprint density at radius 3 is 2.95 bits per heavy atom. The molecule has 1 aliphatic rings. The molecule has 110 valence electrons. The fourth-order valence-corrected chi connectivity index (χ4v) is 2.38. The van der Waals surface area contributed by atoms with E-state index in [1.54, 1.807) is 23.9 Å². The number of ether oxygens (including phenoxy) is 1. The third-order valence-corrected chi connectivity index (χ3v) is 3.58. The van der Waals surface area contributed by atoms with Crippen LogP contribution < -0.4 is 10.5 Å². The number of rotatable bonds is 2. The lowest BCUT2D eigenvalue weighted by Crippen LogP contribution is -2.46. The first-order valence-electron chi connectivity index (χ1n) is 6.85. The molecule has 21 heavy (non-hydrogen) atoms. The third kappa shape index (κ3) is 2.64. The number of hydrogen-bond acceptors (Lipinski definition) is 6. The van der Waals surface area contributed by atoms with E-state index < -0.39 is 0 Å². The summed E-state index contributed by atoms with van der Waals surface area (Å²) in [5, 5.41) is 0. The smallest absolute Gasteiger partial charge is 0.255 e. The van der Waals surface area contributed by atoms with Crippen LogP contribution in [0, 0.1) is 0 Å². The van der Waals surface area contributed by atoms with Gasteiger partial charge in [-0.1, -0.05) is 0 Å². The molecule has 0 saturated carbocycles. The highest BCUT2D eigenvalue weighted by Gasteiger charge is 2.23. The second kappa shape index (κ2) is 5.61. The molecule has 2 aromatic rings. The zero-order valence-electron chi connectivity index (χ0n) is 12.1. The summed E-state index contributed by atoms with van der Waals surface area (Å²) in [5.41, 5.74) is 1.10. The summed E-state index contributed by atoms with van der Waals surface area (Å²) in [4.78, 5) is 27.0. The van der Waals surface area contributed by atoms with Gasteiger partial charge in [-0.05, 0) is 13.0 Å². The molecule has 1 saturated heterocycles. The van der Waals surface area contributed by atoms with Gasteiger partial charge in [0.15, 0.2) is 0 Å². The summed E-state index contributed by atoms with van der Waals surface area (Å²) >= 11 is 0. The Labute approximate surface area is 122 Å². The van der Waals surface area contributed by atoms with Crippen LogP contribution in [0.25, 0.3) is 11.4 Å². The molecule has 7 heteroatoms. The second-order valence-electron chi connectivity index (χ2n) is 5.05. The van der Waals surface area contributed by atoms with Crippen molar-refractivity contribution < 1.29 is 4.74 Å². The quantitative estimate of drug-likeness (QED) is 0.799. The van der Waals surface area contributed by atoms with E-state index in [-0.39, 0.29) is 11.6 Å². The zero-order valence-corrected chi connectivity index (χ0v) is 12.1. The molecule has 0 N–H and O–H groups in total. The van der Waals surface area contributed by atoms with Crippen LogP contribution in [0.3, 0.4) is 0 Å². The molecule has 7 nitrogen and oxygen atoms in total. The lowest BCUT2D eigenvalue weighted by atomic mass is 10.2. The summed E-state index contributed by atoms with van der Waals surface area (Å²) in [5.74, 6) is 0.645. The zero-order chi connectivity index (χ0) is 14.8. The Hall–Kier alpha value is -2.28. The maximum Gasteiger partial charge on any atom is 0.255 e. The molecule has 1 fully saturated rings. The van der Waals surface area contributed by atoms with E-state index in [2.05, 4.69) is 26.8 Å². The maximum absolute atomic E-state index is 12.2. The highest BCUT2D eigenvalue weighted by Crippen LogP contribution is 2.19. The normalized spacial score (nSPS) is 18.8. The molecule has 3 rings (SSSR count). The van der Waals surface area contributed by atoms with Crippen LogP contribution in [0.5, 0.6) is 0 Å². The van der Waals surface area contributed by atoms with Crippen molar-refractivity contribution >= 4 is 5.95 Å². The van der Waals surface area contributed by atoms with E-state index in [1.807, 2.05) is 0 Å². The predicted octanol–water partition coefficient (Wildman–Crippen LogP) is 0.462. The van der Waals surface area contributed by atoms with Gasteiger partial charge in [0.25, 0.3) is 5.56 Å². The largest absolute Gasteiger partial charge is 0.377 e. The van der Waals surface area contributed by atoms with Gasteiger partial charge in [0.05, 0.1) is 30.6 Å². The molecule has 0 aromatic carbocycles. The molecule has 0 spiro atoms. The first-order valence-corrected chi connectivity index (χ1v) is 6.85. The summed E-state index contributed by atoms with van der Waals surface area (Å²) in [7, 11) is 1.73. The number of aromatic nitrogens is 4. The lowest BCUT2D eigenvalue weighted by Gasteiger charge is -2.34. The highest BCUT2D eigenvalue weighted by molar-refractivity contribution is 5.55. The minimum atomic E-state index is -0.104. The first kappa shape index (κ1) is 13.7. The molecule has 0 radical (unpaired) electrons. The van der Waals surface area contributed by atoms with Crippen molar-refractivity contribution in [2.24, 2.45) is 7.05 Å². The van der Waals surface area contributed by atoms with Crippen molar-refractivity contribution in [1.82, 2.24) is 19.5 Å². The van der Waals surface area contributed by atoms with Gasteiger partial charge in [-0.3, -0.25) is 9.36 Å². The van der Waals surface area contributed by atoms with Gasteiger partial charge in [0, 0.05) is 25.9 Å². The standard InChI is InChI=1S/C14H17N5O2/c1-10-8-21-6-5-19(10)14-17-12(7-13(20)18(14)2)11-3-4-15-9-16-11/h3-4,7,9-10H,5-6,8H2,1-2H3/t10-/m0/s1. The molecular weight excluding hydrogens is 270 g/mol. The first-order chi connectivity index (χ1) is 10.2. The molecule has 0 aliphatic carbocycles. The molecule has 1 atom stereocenters. The fraction of sp³-hybridized carbons (Fsp3) is 0.429. The van der Waals surface area contributed by atoms with Crippen molar-refractivity contribution in [2.75, 3.05) is 24.7 Å². The average molecular weight is 287 g/mol. The van der Waals surface area contributed by atoms with Gasteiger partial charge in [-0.25, -0.2) is 15.0 Å². The average Bonchev–Trinajstić information content (AvgIpc) is 2.51. The summed E-state index contributed by atoms with van der Waals surface area (Å²) < 4.78 is 7.00. The van der Waals surface area contributed by atoms with Crippen LogP contribution in [0.15, 0.2) is 29.5 Å². The number of morpholine rings is 1. The van der Waals surface area contributed by atoms with E-state index in [9.17, 15) is 4.79 Å². The fourth-order valence-electron chi connectivity index (χ4n) is 2.38. The van der Waals surface area contributed by atoms with E-state index in [1.165, 1.54) is 12.4 Å². The number of nitrogens with zero attached hydrogens (tertiary/aromatic N) is 5. The third-order valence-electron chi connectivity index (χ3n) is 3.58. The summed E-state index contributed by atoms with van der Waals surface area (Å²) in [6.45, 7) is 4.04. The van der Waals surface area contributed by atoms with Crippen LogP contribution in [0.4, 0.5) is 5.95 Å². The SMILES string of the molecule is C[C@H]1COCCN1c1nc(-c2ccncn2)cc(=O)n1C. The summed E-state index contributed by atoms with van der Waals surface area (Å²) in [6, 6.07) is 3.42. The van der Waals surface area contributed by atoms with Gasteiger partial charge < -0.3 is 9.64 Å². The van der Waals surface area contributed by atoms with Crippen LogP contribution in [0.1, 0.15) is 6.92 Å². The van der Waals surface area contributed by atoms with Crippen molar-refractivity contribution in [2.45, 2.75) is 13.0 Å². The van der Waals surface area contributed by atoms with E-state index in [4.69, 9.17) is 4.74 Å².